The van der Waals surface area contributed by atoms with Gasteiger partial charge in [-0.2, -0.15) is 9.50 Å². The molecule has 24 heavy (non-hydrogen) atoms. The summed E-state index contributed by atoms with van der Waals surface area (Å²) in [5, 5.41) is 6.80. The Morgan fingerprint density at radius 1 is 1.38 bits per heavy atom. The second-order valence-corrected chi connectivity index (χ2v) is 5.32. The molecule has 7 nitrogen and oxygen atoms in total. The number of halogens is 1. The molecule has 2 aromatic heterocycles. The Hall–Kier alpha value is -3.03. The molecule has 0 atom stereocenters. The highest BCUT2D eigenvalue weighted by Gasteiger charge is 2.15. The van der Waals surface area contributed by atoms with Crippen molar-refractivity contribution < 1.29 is 9.18 Å². The number of aromatic nitrogens is 4. The average Bonchev–Trinajstić information content (AvgIpc) is 2.96. The summed E-state index contributed by atoms with van der Waals surface area (Å²) < 4.78 is 15.1. The number of hydrogen-bond acceptors (Lipinski definition) is 4. The molecule has 8 heteroatoms. The van der Waals surface area contributed by atoms with Crippen LogP contribution >= 0.6 is 0 Å². The molecule has 3 rings (SSSR count). The first-order valence-corrected chi connectivity index (χ1v) is 7.63. The molecule has 0 saturated carbocycles. The highest BCUT2D eigenvalue weighted by Crippen LogP contribution is 2.12. The Morgan fingerprint density at radius 3 is 2.92 bits per heavy atom. The summed E-state index contributed by atoms with van der Waals surface area (Å²) in [6.07, 6.45) is 2.57. The van der Waals surface area contributed by atoms with Crippen LogP contribution in [0.1, 0.15) is 35.9 Å². The van der Waals surface area contributed by atoms with Crippen molar-refractivity contribution in [3.63, 3.8) is 0 Å². The van der Waals surface area contributed by atoms with Gasteiger partial charge in [0.1, 0.15) is 11.6 Å². The first kappa shape index (κ1) is 15.9. The third-order valence-corrected chi connectivity index (χ3v) is 3.50. The summed E-state index contributed by atoms with van der Waals surface area (Å²) in [7, 11) is 0. The molecule has 0 aliphatic heterocycles. The second-order valence-electron chi connectivity index (χ2n) is 5.32. The summed E-state index contributed by atoms with van der Waals surface area (Å²) in [4.78, 5) is 30.8. The Kier molecular flexibility index (Phi) is 4.37. The first-order chi connectivity index (χ1) is 11.6. The Morgan fingerprint density at radius 2 is 2.17 bits per heavy atom. The van der Waals surface area contributed by atoms with Crippen LogP contribution in [0.15, 0.2) is 35.1 Å². The van der Waals surface area contributed by atoms with Crippen LogP contribution in [0.2, 0.25) is 0 Å². The number of H-pyrrole nitrogens is 1. The van der Waals surface area contributed by atoms with Crippen LogP contribution in [0.25, 0.3) is 5.78 Å². The van der Waals surface area contributed by atoms with Crippen LogP contribution in [0.4, 0.5) is 10.2 Å². The predicted molar refractivity (Wildman–Crippen MR) is 86.6 cm³/mol. The number of aromatic amines is 1. The van der Waals surface area contributed by atoms with E-state index in [9.17, 15) is 14.0 Å². The molecular weight excluding hydrogens is 313 g/mol. The quantitative estimate of drug-likeness (QED) is 0.750. The van der Waals surface area contributed by atoms with E-state index < -0.39 is 17.3 Å². The van der Waals surface area contributed by atoms with Crippen LogP contribution in [-0.2, 0) is 6.42 Å². The van der Waals surface area contributed by atoms with Gasteiger partial charge in [-0.05, 0) is 18.6 Å². The van der Waals surface area contributed by atoms with Gasteiger partial charge in [-0.1, -0.05) is 25.5 Å². The maximum Gasteiger partial charge on any atom is 0.259 e. The number of unbranched alkanes of at least 4 members (excludes halogenated alkanes) is 1. The molecule has 0 unspecified atom stereocenters. The summed E-state index contributed by atoms with van der Waals surface area (Å²) >= 11 is 0. The molecule has 0 aliphatic rings. The molecule has 0 radical (unpaired) electrons. The number of carbonyl (C=O) groups excluding carboxylic acids is 1. The summed E-state index contributed by atoms with van der Waals surface area (Å²) in [5.74, 6) is -0.362. The lowest BCUT2D eigenvalue weighted by Crippen LogP contribution is -2.19. The van der Waals surface area contributed by atoms with Crippen molar-refractivity contribution in [3.05, 3.63) is 57.9 Å². The van der Waals surface area contributed by atoms with E-state index in [4.69, 9.17) is 0 Å². The monoisotopic (exact) mass is 329 g/mol. The number of nitrogens with zero attached hydrogens (tertiary/aromatic N) is 3. The van der Waals surface area contributed by atoms with Gasteiger partial charge in [0.05, 0.1) is 5.56 Å². The third kappa shape index (κ3) is 3.17. The van der Waals surface area contributed by atoms with Crippen LogP contribution in [0.5, 0.6) is 0 Å². The van der Waals surface area contributed by atoms with Gasteiger partial charge in [0.15, 0.2) is 5.82 Å². The maximum atomic E-state index is 13.7. The molecule has 2 N–H and O–H groups in total. The number of hydrogen-bond donors (Lipinski definition) is 2. The topological polar surface area (TPSA) is 92.1 Å². The zero-order valence-electron chi connectivity index (χ0n) is 13.0. The van der Waals surface area contributed by atoms with Gasteiger partial charge in [-0.3, -0.25) is 14.6 Å². The number of rotatable bonds is 5. The van der Waals surface area contributed by atoms with Crippen molar-refractivity contribution >= 4 is 17.5 Å². The van der Waals surface area contributed by atoms with Gasteiger partial charge in [-0.25, -0.2) is 4.39 Å². The number of aryl methyl sites for hydroxylation is 1. The van der Waals surface area contributed by atoms with Crippen LogP contribution in [0.3, 0.4) is 0 Å². The fourth-order valence-electron chi connectivity index (χ4n) is 2.29. The van der Waals surface area contributed by atoms with Gasteiger partial charge in [0.2, 0.25) is 5.78 Å². The zero-order chi connectivity index (χ0) is 17.1. The Labute approximate surface area is 136 Å². The lowest BCUT2D eigenvalue weighted by Gasteiger charge is -2.06. The number of amides is 1. The normalized spacial score (nSPS) is 10.9. The number of benzene rings is 1. The van der Waals surface area contributed by atoms with E-state index in [0.29, 0.717) is 12.2 Å². The lowest BCUT2D eigenvalue weighted by molar-refractivity contribution is 0.102. The highest BCUT2D eigenvalue weighted by molar-refractivity contribution is 6.04. The number of nitrogens with one attached hydrogen (secondary N) is 2. The molecule has 0 bridgehead atoms. The van der Waals surface area contributed by atoms with E-state index in [1.54, 1.807) is 6.07 Å². The van der Waals surface area contributed by atoms with Crippen LogP contribution < -0.4 is 10.9 Å². The third-order valence-electron chi connectivity index (χ3n) is 3.50. The molecule has 3 aromatic rings. The molecule has 0 aliphatic carbocycles. The van der Waals surface area contributed by atoms with Gasteiger partial charge in [0.25, 0.3) is 11.5 Å². The second kappa shape index (κ2) is 6.61. The smallest absolute Gasteiger partial charge is 0.259 e. The van der Waals surface area contributed by atoms with E-state index in [1.807, 2.05) is 0 Å². The number of carbonyl (C=O) groups is 1. The lowest BCUT2D eigenvalue weighted by atomic mass is 10.2. The average molecular weight is 329 g/mol. The van der Waals surface area contributed by atoms with Crippen molar-refractivity contribution in [2.75, 3.05) is 5.32 Å². The van der Waals surface area contributed by atoms with E-state index in [0.717, 1.165) is 12.8 Å². The minimum Gasteiger partial charge on any atom is -0.306 e. The SMILES string of the molecule is CCCCc1nc2[nH]c(=O)cc(NC(=O)c3ccccc3F)n2n1. The van der Waals surface area contributed by atoms with E-state index >= 15 is 0 Å². The standard InChI is InChI=1S/C16H16FN5O2/c1-2-3-8-12-18-16-20-14(23)9-13(22(16)21-12)19-15(24)10-6-4-5-7-11(10)17/h4-7,9H,2-3,8H2,1H3,(H,19,24)(H,18,20,21,23). The Bertz CT molecular complexity index is 947. The predicted octanol–water partition coefficient (Wildman–Crippen LogP) is 2.15. The molecule has 0 spiro atoms. The van der Waals surface area contributed by atoms with Gasteiger partial charge < -0.3 is 5.32 Å². The first-order valence-electron chi connectivity index (χ1n) is 7.63. The molecule has 0 fully saturated rings. The minimum atomic E-state index is -0.661. The van der Waals surface area contributed by atoms with Gasteiger partial charge >= 0.3 is 0 Å². The minimum absolute atomic E-state index is 0.114. The maximum absolute atomic E-state index is 13.7. The van der Waals surface area contributed by atoms with Crippen molar-refractivity contribution in [1.29, 1.82) is 0 Å². The number of anilines is 1. The van der Waals surface area contributed by atoms with Gasteiger partial charge in [0, 0.05) is 12.5 Å². The Balaban J connectivity index is 1.96. The fraction of sp³-hybridized carbons (Fsp3) is 0.250. The van der Waals surface area contributed by atoms with Crippen molar-refractivity contribution in [2.45, 2.75) is 26.2 Å². The van der Waals surface area contributed by atoms with Crippen LogP contribution in [0, 0.1) is 5.82 Å². The van der Waals surface area contributed by atoms with Crippen molar-refractivity contribution in [3.8, 4) is 0 Å². The highest BCUT2D eigenvalue weighted by atomic mass is 19.1. The summed E-state index contributed by atoms with van der Waals surface area (Å²) in [5.41, 5.74) is -0.543. The van der Waals surface area contributed by atoms with E-state index in [2.05, 4.69) is 27.3 Å². The molecular formula is C16H16FN5O2. The molecule has 1 amide bonds. The van der Waals surface area contributed by atoms with E-state index in [-0.39, 0.29) is 17.2 Å². The number of fused-ring (bicyclic) bond motifs is 1. The van der Waals surface area contributed by atoms with E-state index in [1.165, 1.54) is 28.8 Å². The summed E-state index contributed by atoms with van der Waals surface area (Å²) in [6, 6.07) is 6.80. The van der Waals surface area contributed by atoms with Crippen LogP contribution in [-0.4, -0.2) is 25.5 Å². The van der Waals surface area contributed by atoms with Gasteiger partial charge in [-0.15, -0.1) is 5.10 Å². The largest absolute Gasteiger partial charge is 0.306 e. The molecule has 124 valence electrons. The van der Waals surface area contributed by atoms with Crippen molar-refractivity contribution in [2.24, 2.45) is 0 Å². The zero-order valence-corrected chi connectivity index (χ0v) is 13.0. The van der Waals surface area contributed by atoms with Crippen molar-refractivity contribution in [1.82, 2.24) is 19.6 Å². The summed E-state index contributed by atoms with van der Waals surface area (Å²) in [6.45, 7) is 2.05. The fourth-order valence-corrected chi connectivity index (χ4v) is 2.29. The molecule has 2 heterocycles. The molecule has 0 saturated heterocycles. The molecule has 1 aromatic carbocycles.